The molecule has 1 aromatic rings. The Kier molecular flexibility index (Phi) is 7.58. The van der Waals surface area contributed by atoms with Crippen molar-refractivity contribution in [1.82, 2.24) is 10.6 Å². The summed E-state index contributed by atoms with van der Waals surface area (Å²) in [6, 6.07) is 8.30. The molecule has 0 saturated heterocycles. The van der Waals surface area contributed by atoms with E-state index in [2.05, 4.69) is 16.0 Å². The van der Waals surface area contributed by atoms with E-state index in [0.29, 0.717) is 37.2 Å². The molecule has 0 spiro atoms. The molecular formula is C16H18N4O3. The third-order valence-corrected chi connectivity index (χ3v) is 2.86. The lowest BCUT2D eigenvalue weighted by Crippen LogP contribution is -2.20. The summed E-state index contributed by atoms with van der Waals surface area (Å²) in [5.41, 5.74) is 0.840. The van der Waals surface area contributed by atoms with Crippen LogP contribution in [0.2, 0.25) is 0 Å². The highest BCUT2D eigenvalue weighted by atomic mass is 16.2. The number of nitrogens with zero attached hydrogens (tertiary/aromatic N) is 1. The molecule has 1 rings (SSSR count). The van der Waals surface area contributed by atoms with Crippen molar-refractivity contribution in [3.8, 4) is 6.07 Å². The number of hydrogen-bond donors (Lipinski definition) is 3. The predicted molar refractivity (Wildman–Crippen MR) is 85.5 cm³/mol. The van der Waals surface area contributed by atoms with Gasteiger partial charge in [-0.1, -0.05) is 12.1 Å². The second kappa shape index (κ2) is 9.73. The zero-order valence-electron chi connectivity index (χ0n) is 12.8. The van der Waals surface area contributed by atoms with Gasteiger partial charge in [0, 0.05) is 30.5 Å². The zero-order chi connectivity index (χ0) is 17.1. The first kappa shape index (κ1) is 17.9. The molecule has 0 bridgehead atoms. The maximum absolute atomic E-state index is 12.0. The van der Waals surface area contributed by atoms with Crippen molar-refractivity contribution in [2.75, 3.05) is 18.4 Å². The van der Waals surface area contributed by atoms with Gasteiger partial charge in [-0.25, -0.2) is 0 Å². The van der Waals surface area contributed by atoms with Crippen LogP contribution in [0.4, 0.5) is 5.69 Å². The summed E-state index contributed by atoms with van der Waals surface area (Å²) in [6.45, 7) is 2.46. The Hall–Kier alpha value is -3.14. The fraction of sp³-hybridized carbons (Fsp3) is 0.250. The summed E-state index contributed by atoms with van der Waals surface area (Å²) in [6.07, 6.45) is 2.60. The van der Waals surface area contributed by atoms with Gasteiger partial charge in [0.25, 0.3) is 5.91 Å². The summed E-state index contributed by atoms with van der Waals surface area (Å²) >= 11 is 0. The van der Waals surface area contributed by atoms with Crippen molar-refractivity contribution in [2.45, 2.75) is 13.3 Å². The maximum Gasteiger partial charge on any atom is 0.267 e. The number of anilines is 1. The van der Waals surface area contributed by atoms with Crippen molar-refractivity contribution >= 4 is 23.8 Å². The molecule has 23 heavy (non-hydrogen) atoms. The molecule has 0 aliphatic heterocycles. The first-order valence-corrected chi connectivity index (χ1v) is 7.01. The Morgan fingerprint density at radius 3 is 2.65 bits per heavy atom. The average molecular weight is 314 g/mol. The number of ketones is 1. The molecular weight excluding hydrogens is 296 g/mol. The molecule has 0 radical (unpaired) electrons. The summed E-state index contributed by atoms with van der Waals surface area (Å²) in [5.74, 6) is -0.672. The molecule has 0 aliphatic rings. The van der Waals surface area contributed by atoms with Crippen molar-refractivity contribution in [1.29, 1.82) is 5.26 Å². The highest BCUT2D eigenvalue weighted by molar-refractivity contribution is 6.07. The third-order valence-electron chi connectivity index (χ3n) is 2.86. The lowest BCUT2D eigenvalue weighted by Gasteiger charge is -2.06. The van der Waals surface area contributed by atoms with E-state index in [1.165, 1.54) is 13.1 Å². The van der Waals surface area contributed by atoms with E-state index in [1.807, 2.05) is 6.07 Å². The van der Waals surface area contributed by atoms with Crippen molar-refractivity contribution in [3.63, 3.8) is 0 Å². The van der Waals surface area contributed by atoms with Crippen LogP contribution in [-0.2, 0) is 9.59 Å². The maximum atomic E-state index is 12.0. The molecule has 120 valence electrons. The van der Waals surface area contributed by atoms with E-state index in [1.54, 1.807) is 24.3 Å². The summed E-state index contributed by atoms with van der Waals surface area (Å²) in [5, 5.41) is 16.9. The van der Waals surface area contributed by atoms with Crippen LogP contribution in [0, 0.1) is 11.3 Å². The number of rotatable bonds is 9. The van der Waals surface area contributed by atoms with Crippen LogP contribution >= 0.6 is 0 Å². The highest BCUT2D eigenvalue weighted by Crippen LogP contribution is 2.12. The standard InChI is InChI=1S/C16H18N4O3/c1-12(22)13-4-2-5-15(8-13)20-16(23)14(9-17)10-18-6-3-7-19-11-21/h2,4-5,8,10-11,18H,3,6-7H2,1H3,(H,19,21)(H,20,23)/b14-10-. The Bertz CT molecular complexity index is 647. The van der Waals surface area contributed by atoms with Gasteiger partial charge < -0.3 is 16.0 Å². The van der Waals surface area contributed by atoms with Crippen LogP contribution in [0.3, 0.4) is 0 Å². The van der Waals surface area contributed by atoms with E-state index in [4.69, 9.17) is 5.26 Å². The van der Waals surface area contributed by atoms with E-state index in [9.17, 15) is 14.4 Å². The van der Waals surface area contributed by atoms with E-state index in [0.717, 1.165) is 0 Å². The van der Waals surface area contributed by atoms with Crippen LogP contribution in [0.5, 0.6) is 0 Å². The Morgan fingerprint density at radius 1 is 1.26 bits per heavy atom. The molecule has 7 nitrogen and oxygen atoms in total. The van der Waals surface area contributed by atoms with Crippen molar-refractivity contribution < 1.29 is 14.4 Å². The van der Waals surface area contributed by atoms with Gasteiger partial charge in [0.1, 0.15) is 11.6 Å². The van der Waals surface area contributed by atoms with Crippen LogP contribution in [-0.4, -0.2) is 31.2 Å². The number of benzene rings is 1. The topological polar surface area (TPSA) is 111 Å². The van der Waals surface area contributed by atoms with Gasteiger partial charge in [-0.3, -0.25) is 14.4 Å². The first-order chi connectivity index (χ1) is 11.1. The summed E-state index contributed by atoms with van der Waals surface area (Å²) in [7, 11) is 0. The highest BCUT2D eigenvalue weighted by Gasteiger charge is 2.10. The molecule has 2 amide bonds. The van der Waals surface area contributed by atoms with Crippen LogP contribution in [0.15, 0.2) is 36.0 Å². The molecule has 0 atom stereocenters. The molecule has 0 aromatic heterocycles. The number of hydrogen-bond acceptors (Lipinski definition) is 5. The monoisotopic (exact) mass is 314 g/mol. The van der Waals surface area contributed by atoms with E-state index in [-0.39, 0.29) is 11.4 Å². The summed E-state index contributed by atoms with van der Waals surface area (Å²) in [4.78, 5) is 33.4. The van der Waals surface area contributed by atoms with Crippen molar-refractivity contribution in [3.05, 3.63) is 41.6 Å². The lowest BCUT2D eigenvalue weighted by atomic mass is 10.1. The largest absolute Gasteiger partial charge is 0.390 e. The number of carbonyl (C=O) groups excluding carboxylic acids is 3. The van der Waals surface area contributed by atoms with Gasteiger partial charge >= 0.3 is 0 Å². The van der Waals surface area contributed by atoms with E-state index < -0.39 is 5.91 Å². The van der Waals surface area contributed by atoms with Gasteiger partial charge in [0.15, 0.2) is 5.78 Å². The van der Waals surface area contributed by atoms with Crippen LogP contribution < -0.4 is 16.0 Å². The number of carbonyl (C=O) groups is 3. The molecule has 0 unspecified atom stereocenters. The molecule has 7 heteroatoms. The molecule has 3 N–H and O–H groups in total. The van der Waals surface area contributed by atoms with Gasteiger partial charge in [-0.2, -0.15) is 5.26 Å². The minimum Gasteiger partial charge on any atom is -0.390 e. The average Bonchev–Trinajstić information content (AvgIpc) is 2.54. The number of amides is 2. The molecule has 0 fully saturated rings. The molecule has 1 aromatic carbocycles. The lowest BCUT2D eigenvalue weighted by molar-refractivity contribution is -0.112. The Balaban J connectivity index is 2.60. The molecule has 0 heterocycles. The number of Topliss-reactive ketones (excluding diaryl/α,β-unsaturated/α-hetero) is 1. The normalized spacial score (nSPS) is 10.3. The fourth-order valence-corrected chi connectivity index (χ4v) is 1.69. The Labute approximate surface area is 134 Å². The quantitative estimate of drug-likeness (QED) is 0.207. The third kappa shape index (κ3) is 6.44. The molecule has 0 saturated carbocycles. The second-order valence-electron chi connectivity index (χ2n) is 4.64. The van der Waals surface area contributed by atoms with Gasteiger partial charge in [0.05, 0.1) is 0 Å². The second-order valence-corrected chi connectivity index (χ2v) is 4.64. The van der Waals surface area contributed by atoms with Gasteiger partial charge in [0.2, 0.25) is 6.41 Å². The summed E-state index contributed by atoms with van der Waals surface area (Å²) < 4.78 is 0. The number of nitriles is 1. The Morgan fingerprint density at radius 2 is 2.00 bits per heavy atom. The first-order valence-electron chi connectivity index (χ1n) is 7.01. The SMILES string of the molecule is CC(=O)c1cccc(NC(=O)/C(C#N)=C\NCCCNC=O)c1. The van der Waals surface area contributed by atoms with Gasteiger partial charge in [-0.15, -0.1) is 0 Å². The zero-order valence-corrected chi connectivity index (χ0v) is 12.8. The number of nitrogens with one attached hydrogen (secondary N) is 3. The van der Waals surface area contributed by atoms with Crippen LogP contribution in [0.1, 0.15) is 23.7 Å². The van der Waals surface area contributed by atoms with Gasteiger partial charge in [-0.05, 0) is 25.5 Å². The predicted octanol–water partition coefficient (Wildman–Crippen LogP) is 0.961. The van der Waals surface area contributed by atoms with Crippen molar-refractivity contribution in [2.24, 2.45) is 0 Å². The van der Waals surface area contributed by atoms with E-state index >= 15 is 0 Å². The fourth-order valence-electron chi connectivity index (χ4n) is 1.69. The van der Waals surface area contributed by atoms with Crippen LogP contribution in [0.25, 0.3) is 0 Å². The molecule has 0 aliphatic carbocycles. The minimum absolute atomic E-state index is 0.0819. The smallest absolute Gasteiger partial charge is 0.267 e. The minimum atomic E-state index is -0.563.